The van der Waals surface area contributed by atoms with Crippen LogP contribution in [0.1, 0.15) is 58.8 Å². The van der Waals surface area contributed by atoms with Gasteiger partial charge in [-0.1, -0.05) is 44.2 Å². The molecule has 4 amide bonds. The summed E-state index contributed by atoms with van der Waals surface area (Å²) in [7, 11) is -3.88. The van der Waals surface area contributed by atoms with Crippen molar-refractivity contribution < 1.29 is 37.4 Å². The maximum absolute atomic E-state index is 14.2. The Bertz CT molecular complexity index is 1710. The van der Waals surface area contributed by atoms with Gasteiger partial charge in [0.1, 0.15) is 23.7 Å². The van der Waals surface area contributed by atoms with Crippen LogP contribution in [0, 0.1) is 17.8 Å². The minimum absolute atomic E-state index is 0.0273. The molecule has 2 aliphatic carbocycles. The van der Waals surface area contributed by atoms with Crippen LogP contribution >= 0.6 is 0 Å². The molecule has 0 radical (unpaired) electrons. The number of nitrogens with one attached hydrogen (secondary N) is 3. The number of fused-ring (bicyclic) bond motifs is 3. The van der Waals surface area contributed by atoms with Crippen LogP contribution in [0.3, 0.4) is 0 Å². The third kappa shape index (κ3) is 6.92. The van der Waals surface area contributed by atoms with Gasteiger partial charge in [-0.25, -0.2) is 18.2 Å². The fourth-order valence-corrected chi connectivity index (χ4v) is 8.34. The number of carboxylic acid groups (broad SMARTS) is 1. The van der Waals surface area contributed by atoms with Gasteiger partial charge in [-0.2, -0.15) is 0 Å². The molecule has 2 saturated carbocycles. The van der Waals surface area contributed by atoms with Crippen molar-refractivity contribution in [2.24, 2.45) is 17.8 Å². The number of rotatable bonds is 6. The number of hydrogen-bond acceptors (Lipinski definition) is 8. The minimum Gasteiger partial charge on any atom is -0.472 e. The number of nitrogens with zero attached hydrogens (tertiary/aromatic N) is 2. The first-order valence-electron chi connectivity index (χ1n) is 16.2. The summed E-state index contributed by atoms with van der Waals surface area (Å²) in [5, 5.41) is 15.9. The summed E-state index contributed by atoms with van der Waals surface area (Å²) in [6, 6.07) is 7.11. The molecule has 3 heterocycles. The van der Waals surface area contributed by atoms with Gasteiger partial charge >= 0.3 is 6.09 Å². The molecule has 13 nitrogen and oxygen atoms in total. The Morgan fingerprint density at radius 3 is 2.62 bits per heavy atom. The first-order chi connectivity index (χ1) is 22.4. The molecule has 47 heavy (non-hydrogen) atoms. The second kappa shape index (κ2) is 12.8. The normalized spacial score (nSPS) is 31.5. The van der Waals surface area contributed by atoms with Crippen LogP contribution in [-0.4, -0.2) is 82.7 Å². The number of ether oxygens (including phenoxy) is 1. The molecule has 3 fully saturated rings. The van der Waals surface area contributed by atoms with E-state index in [9.17, 15) is 32.7 Å². The zero-order chi connectivity index (χ0) is 33.5. The number of carbonyl (C=O) groups is 4. The van der Waals surface area contributed by atoms with E-state index < -0.39 is 68.7 Å². The third-order valence-corrected chi connectivity index (χ3v) is 11.6. The van der Waals surface area contributed by atoms with E-state index in [1.165, 1.54) is 4.90 Å². The lowest BCUT2D eigenvalue weighted by molar-refractivity contribution is -0.142. The molecular formula is C33H41N5O8S. The van der Waals surface area contributed by atoms with Crippen LogP contribution in [0.5, 0.6) is 5.88 Å². The predicted octanol–water partition coefficient (Wildman–Crippen LogP) is 2.71. The third-order valence-electron chi connectivity index (χ3n) is 9.81. The van der Waals surface area contributed by atoms with Gasteiger partial charge in [0.15, 0.2) is 0 Å². The van der Waals surface area contributed by atoms with Crippen molar-refractivity contribution in [3.05, 3.63) is 48.7 Å². The van der Waals surface area contributed by atoms with Gasteiger partial charge < -0.3 is 25.4 Å². The van der Waals surface area contributed by atoms with E-state index in [0.29, 0.717) is 31.6 Å². The second-order valence-corrected chi connectivity index (χ2v) is 15.5. The molecule has 1 aromatic carbocycles. The van der Waals surface area contributed by atoms with Crippen molar-refractivity contribution in [3.8, 4) is 5.88 Å². The van der Waals surface area contributed by atoms with Gasteiger partial charge in [-0.15, -0.1) is 0 Å². The number of sulfonamides is 1. The minimum atomic E-state index is -3.88. The van der Waals surface area contributed by atoms with Crippen LogP contribution in [0.15, 0.2) is 48.7 Å². The zero-order valence-corrected chi connectivity index (χ0v) is 27.2. The Labute approximate surface area is 273 Å². The van der Waals surface area contributed by atoms with Crippen LogP contribution in [0.2, 0.25) is 0 Å². The van der Waals surface area contributed by atoms with E-state index in [1.54, 1.807) is 6.20 Å². The summed E-state index contributed by atoms with van der Waals surface area (Å²) in [4.78, 5) is 59.6. The van der Waals surface area contributed by atoms with Gasteiger partial charge in [0, 0.05) is 23.9 Å². The highest BCUT2D eigenvalue weighted by molar-refractivity contribution is 7.91. The smallest absolute Gasteiger partial charge is 0.405 e. The van der Waals surface area contributed by atoms with Crippen LogP contribution in [0.4, 0.5) is 4.79 Å². The van der Waals surface area contributed by atoms with Crippen molar-refractivity contribution in [1.82, 2.24) is 25.2 Å². The van der Waals surface area contributed by atoms with Gasteiger partial charge in [0.25, 0.3) is 5.91 Å². The van der Waals surface area contributed by atoms with Crippen molar-refractivity contribution in [1.29, 1.82) is 0 Å². The first kappa shape index (κ1) is 32.7. The summed E-state index contributed by atoms with van der Waals surface area (Å²) in [5.41, 5.74) is -1.50. The van der Waals surface area contributed by atoms with E-state index in [-0.39, 0.29) is 31.2 Å². The quantitative estimate of drug-likeness (QED) is 0.337. The maximum atomic E-state index is 14.2. The number of aromatic nitrogens is 1. The zero-order valence-electron chi connectivity index (χ0n) is 26.4. The number of benzene rings is 1. The van der Waals surface area contributed by atoms with Crippen LogP contribution in [0.25, 0.3) is 10.8 Å². The van der Waals surface area contributed by atoms with Gasteiger partial charge in [0.05, 0.1) is 11.8 Å². The highest BCUT2D eigenvalue weighted by atomic mass is 32.2. The number of carbonyl (C=O) groups excluding carboxylic acids is 3. The highest BCUT2D eigenvalue weighted by Crippen LogP contribution is 2.46. The van der Waals surface area contributed by atoms with Crippen molar-refractivity contribution in [3.63, 3.8) is 0 Å². The van der Waals surface area contributed by atoms with Gasteiger partial charge in [-0.05, 0) is 67.9 Å². The van der Waals surface area contributed by atoms with E-state index in [4.69, 9.17) is 4.74 Å². The average Bonchev–Trinajstić information content (AvgIpc) is 3.95. The Morgan fingerprint density at radius 1 is 1.11 bits per heavy atom. The predicted molar refractivity (Wildman–Crippen MR) is 172 cm³/mol. The first-order valence-corrected chi connectivity index (χ1v) is 17.8. The molecule has 4 aliphatic rings. The molecule has 0 spiro atoms. The summed E-state index contributed by atoms with van der Waals surface area (Å²) in [5.74, 6) is -2.35. The molecule has 6 rings (SSSR count). The lowest BCUT2D eigenvalue weighted by atomic mass is 9.88. The lowest BCUT2D eigenvalue weighted by Crippen LogP contribution is -2.59. The molecule has 1 saturated heterocycles. The molecule has 252 valence electrons. The van der Waals surface area contributed by atoms with Crippen LogP contribution in [-0.2, 0) is 24.4 Å². The Morgan fingerprint density at radius 2 is 1.87 bits per heavy atom. The second-order valence-electron chi connectivity index (χ2n) is 13.5. The molecule has 2 aromatic rings. The van der Waals surface area contributed by atoms with Gasteiger partial charge in [-0.3, -0.25) is 19.1 Å². The molecule has 1 aromatic heterocycles. The average molecular weight is 668 g/mol. The molecule has 14 heteroatoms. The van der Waals surface area contributed by atoms with E-state index in [0.717, 1.165) is 17.2 Å². The molecule has 4 N–H and O–H groups in total. The molecule has 0 unspecified atom stereocenters. The Balaban J connectivity index is 1.33. The number of hydrogen-bond donors (Lipinski definition) is 4. The molecule has 0 bridgehead atoms. The summed E-state index contributed by atoms with van der Waals surface area (Å²) >= 11 is 0. The van der Waals surface area contributed by atoms with Gasteiger partial charge in [0.2, 0.25) is 27.7 Å². The van der Waals surface area contributed by atoms with E-state index in [1.807, 2.05) is 56.3 Å². The summed E-state index contributed by atoms with van der Waals surface area (Å²) in [6.45, 7) is 3.82. The van der Waals surface area contributed by atoms with E-state index >= 15 is 0 Å². The largest absolute Gasteiger partial charge is 0.472 e. The fraction of sp³-hybridized carbons (Fsp3) is 0.545. The summed E-state index contributed by atoms with van der Waals surface area (Å²) < 4.78 is 33.9. The van der Waals surface area contributed by atoms with Crippen molar-refractivity contribution >= 4 is 44.6 Å². The van der Waals surface area contributed by atoms with Crippen molar-refractivity contribution in [2.75, 3.05) is 6.54 Å². The molecule has 2 aliphatic heterocycles. The monoisotopic (exact) mass is 667 g/mol. The number of allylic oxidation sites excluding steroid dienone is 1. The van der Waals surface area contributed by atoms with Crippen LogP contribution < -0.4 is 20.1 Å². The number of pyridine rings is 1. The highest BCUT2D eigenvalue weighted by Gasteiger charge is 2.62. The SMILES string of the molecule is C[C@@H]1CCC=C[C@@H]2C[C@@]2(C(=O)NS(=O)(=O)C2CC2)NC(=O)[C@@H]2C[C@@H](Oc3nccc4ccccc34)CN2C(=O)[C@@H](NC(=O)O)[C@H](C)C1. The van der Waals surface area contributed by atoms with E-state index in [2.05, 4.69) is 20.3 Å². The topological polar surface area (TPSA) is 184 Å². The molecular weight excluding hydrogens is 626 g/mol. The Kier molecular flexibility index (Phi) is 8.90. The standard InChI is InChI=1S/C33H41N5O8S/c1-19-7-3-5-9-22-17-33(22,31(41)37-47(44,45)24-11-12-24)36-28(39)26-16-23(46-29-25-10-6-4-8-21(25)13-14-34-29)18-38(26)30(40)27(20(2)15-19)35-32(42)43/h4-6,8-10,13-14,19-20,22-24,26-27,35H,3,7,11-12,15-18H2,1-2H3,(H,36,39)(H,37,41)(H,42,43)/t19-,20-,22-,23-,26+,27+,33-/m1/s1. The Hall–Kier alpha value is -4.20. The maximum Gasteiger partial charge on any atom is 0.405 e. The fourth-order valence-electron chi connectivity index (χ4n) is 6.97. The number of amides is 4. The lowest BCUT2D eigenvalue weighted by Gasteiger charge is -2.32. The van der Waals surface area contributed by atoms with Crippen molar-refractivity contribution in [2.45, 2.75) is 87.8 Å². The summed E-state index contributed by atoms with van der Waals surface area (Å²) in [6.07, 6.45) is 6.53. The molecule has 7 atom stereocenters.